The Labute approximate surface area is 208 Å². The van der Waals surface area contributed by atoms with E-state index in [9.17, 15) is 9.59 Å². The fourth-order valence-electron chi connectivity index (χ4n) is 4.78. The molecule has 1 aromatic heterocycles. The summed E-state index contributed by atoms with van der Waals surface area (Å²) in [5.74, 6) is 0.632. The van der Waals surface area contributed by atoms with Crippen LogP contribution in [-0.4, -0.2) is 51.6 Å². The van der Waals surface area contributed by atoms with Crippen molar-refractivity contribution in [2.45, 2.75) is 64.1 Å². The highest BCUT2D eigenvalue weighted by molar-refractivity contribution is 5.99. The molecular formula is C26H28N6O4. The molecule has 3 aromatic rings. The minimum Gasteiger partial charge on any atom is -0.488 e. The predicted octanol–water partition coefficient (Wildman–Crippen LogP) is 5.24. The standard InChI is InChI=1S/C26H28N6O4/c1-16(2)36-26(34)31-14-20-12-22(8-10-24(20)29-31)32(21-6-7-21)25(33)19-4-3-18-13-23(35-15-28-30-27)9-5-17(18)11-19/h3-5,9,11,13-14,16,21-22H,6-8,10,12,15H2,1-2H3. The molecule has 1 amide bonds. The summed E-state index contributed by atoms with van der Waals surface area (Å²) < 4.78 is 12.0. The second-order valence-electron chi connectivity index (χ2n) is 9.55. The normalized spacial score (nSPS) is 16.8. The molecule has 2 aliphatic rings. The number of amides is 1. The van der Waals surface area contributed by atoms with Crippen molar-refractivity contribution in [2.24, 2.45) is 5.11 Å². The minimum absolute atomic E-state index is 0.0307. The van der Waals surface area contributed by atoms with Gasteiger partial charge in [0.1, 0.15) is 5.75 Å². The maximum Gasteiger partial charge on any atom is 0.434 e. The van der Waals surface area contributed by atoms with Crippen molar-refractivity contribution in [3.8, 4) is 5.75 Å². The van der Waals surface area contributed by atoms with E-state index in [1.54, 1.807) is 12.3 Å². The number of rotatable bonds is 7. The van der Waals surface area contributed by atoms with Crippen LogP contribution in [0.2, 0.25) is 0 Å². The molecular weight excluding hydrogens is 460 g/mol. The quantitative estimate of drug-likeness (QED) is 0.256. The van der Waals surface area contributed by atoms with Crippen LogP contribution in [-0.2, 0) is 17.6 Å². The molecule has 36 heavy (non-hydrogen) atoms. The van der Waals surface area contributed by atoms with Crippen LogP contribution < -0.4 is 4.74 Å². The molecule has 10 heteroatoms. The molecule has 5 rings (SSSR count). The van der Waals surface area contributed by atoms with Crippen LogP contribution in [0.4, 0.5) is 4.79 Å². The minimum atomic E-state index is -0.478. The Morgan fingerprint density at radius 2 is 1.94 bits per heavy atom. The first-order valence-electron chi connectivity index (χ1n) is 12.2. The highest BCUT2D eigenvalue weighted by Crippen LogP contribution is 2.35. The second kappa shape index (κ2) is 9.91. The molecule has 1 saturated carbocycles. The summed E-state index contributed by atoms with van der Waals surface area (Å²) in [4.78, 5) is 30.7. The van der Waals surface area contributed by atoms with Gasteiger partial charge in [0.25, 0.3) is 5.91 Å². The van der Waals surface area contributed by atoms with Crippen LogP contribution in [0.25, 0.3) is 21.2 Å². The lowest BCUT2D eigenvalue weighted by molar-refractivity contribution is 0.0643. The number of fused-ring (bicyclic) bond motifs is 2. The van der Waals surface area contributed by atoms with E-state index in [0.717, 1.165) is 47.7 Å². The molecule has 0 radical (unpaired) electrons. The van der Waals surface area contributed by atoms with Gasteiger partial charge in [-0.1, -0.05) is 17.2 Å². The average Bonchev–Trinajstić information content (AvgIpc) is 3.60. The largest absolute Gasteiger partial charge is 0.488 e. The molecule has 0 saturated heterocycles. The third-order valence-electron chi connectivity index (χ3n) is 6.55. The lowest BCUT2D eigenvalue weighted by atomic mass is 9.91. The van der Waals surface area contributed by atoms with E-state index < -0.39 is 6.09 Å². The van der Waals surface area contributed by atoms with Gasteiger partial charge in [-0.05, 0) is 92.1 Å². The molecule has 1 atom stereocenters. The highest BCUT2D eigenvalue weighted by Gasteiger charge is 2.39. The first kappa shape index (κ1) is 23.7. The summed E-state index contributed by atoms with van der Waals surface area (Å²) in [5.41, 5.74) is 11.0. The Hall–Kier alpha value is -4.04. The zero-order chi connectivity index (χ0) is 25.2. The maximum atomic E-state index is 13.7. The van der Waals surface area contributed by atoms with Crippen molar-refractivity contribution >= 4 is 22.8 Å². The summed E-state index contributed by atoms with van der Waals surface area (Å²) in [6, 6.07) is 11.5. The Balaban J connectivity index is 1.34. The van der Waals surface area contributed by atoms with Gasteiger partial charge in [-0.15, -0.1) is 0 Å². The summed E-state index contributed by atoms with van der Waals surface area (Å²) >= 11 is 0. The van der Waals surface area contributed by atoms with E-state index in [4.69, 9.17) is 15.0 Å². The maximum absolute atomic E-state index is 13.7. The monoisotopic (exact) mass is 488 g/mol. The van der Waals surface area contributed by atoms with Gasteiger partial charge in [0.05, 0.1) is 11.8 Å². The van der Waals surface area contributed by atoms with Gasteiger partial charge in [0.2, 0.25) is 0 Å². The number of aromatic nitrogens is 2. The Bertz CT molecular complexity index is 1360. The van der Waals surface area contributed by atoms with Crippen LogP contribution in [0.3, 0.4) is 0 Å². The molecule has 2 aromatic carbocycles. The van der Waals surface area contributed by atoms with Crippen LogP contribution in [0, 0.1) is 0 Å². The Morgan fingerprint density at radius 1 is 1.17 bits per heavy atom. The number of hydrogen-bond acceptors (Lipinski definition) is 6. The van der Waals surface area contributed by atoms with Crippen molar-refractivity contribution in [1.29, 1.82) is 0 Å². The number of nitrogens with zero attached hydrogens (tertiary/aromatic N) is 6. The molecule has 1 heterocycles. The number of aryl methyl sites for hydroxylation is 1. The SMILES string of the molecule is CC(C)OC(=O)n1cc2c(n1)CCC(N(C(=O)c1ccc3cc(OCN=[N+]=[N-])ccc3c1)C1CC1)C2. The van der Waals surface area contributed by atoms with Gasteiger partial charge in [0.15, 0.2) is 6.73 Å². The molecule has 1 unspecified atom stereocenters. The van der Waals surface area contributed by atoms with Crippen molar-refractivity contribution in [2.75, 3.05) is 6.73 Å². The summed E-state index contributed by atoms with van der Waals surface area (Å²) in [7, 11) is 0. The molecule has 0 N–H and O–H groups in total. The number of hydrogen-bond donors (Lipinski definition) is 0. The molecule has 186 valence electrons. The van der Waals surface area contributed by atoms with Crippen LogP contribution in [0.15, 0.2) is 47.7 Å². The van der Waals surface area contributed by atoms with Crippen LogP contribution >= 0.6 is 0 Å². The number of ether oxygens (including phenoxy) is 2. The van der Waals surface area contributed by atoms with Crippen LogP contribution in [0.1, 0.15) is 54.7 Å². The second-order valence-corrected chi connectivity index (χ2v) is 9.55. The van der Waals surface area contributed by atoms with Gasteiger partial charge in [-0.2, -0.15) is 9.78 Å². The van der Waals surface area contributed by atoms with E-state index in [0.29, 0.717) is 17.7 Å². The van der Waals surface area contributed by atoms with Gasteiger partial charge in [-0.25, -0.2) is 4.79 Å². The van der Waals surface area contributed by atoms with E-state index in [2.05, 4.69) is 15.1 Å². The lowest BCUT2D eigenvalue weighted by Crippen LogP contribution is -2.44. The fourth-order valence-corrected chi connectivity index (χ4v) is 4.78. The van der Waals surface area contributed by atoms with E-state index >= 15 is 0 Å². The number of azide groups is 1. The molecule has 0 bridgehead atoms. The van der Waals surface area contributed by atoms with Crippen molar-refractivity contribution in [1.82, 2.24) is 14.7 Å². The van der Waals surface area contributed by atoms with E-state index in [-0.39, 0.29) is 30.8 Å². The topological polar surface area (TPSA) is 122 Å². The van der Waals surface area contributed by atoms with Crippen molar-refractivity contribution < 1.29 is 19.1 Å². The van der Waals surface area contributed by atoms with Gasteiger partial charge < -0.3 is 14.4 Å². The summed E-state index contributed by atoms with van der Waals surface area (Å²) in [5, 5.41) is 9.69. The van der Waals surface area contributed by atoms with Crippen molar-refractivity contribution in [3.63, 3.8) is 0 Å². The third-order valence-corrected chi connectivity index (χ3v) is 6.55. The van der Waals surface area contributed by atoms with Gasteiger partial charge >= 0.3 is 6.09 Å². The van der Waals surface area contributed by atoms with Crippen molar-refractivity contribution in [3.05, 3.63) is 69.9 Å². The summed E-state index contributed by atoms with van der Waals surface area (Å²) in [6.45, 7) is 3.54. The molecule has 0 spiro atoms. The number of carbonyl (C=O) groups is 2. The smallest absolute Gasteiger partial charge is 0.434 e. The first-order valence-corrected chi connectivity index (χ1v) is 12.2. The number of benzene rings is 2. The van der Waals surface area contributed by atoms with Gasteiger partial charge in [-0.3, -0.25) is 4.79 Å². The summed E-state index contributed by atoms with van der Waals surface area (Å²) in [6.07, 6.45) is 5.27. The third kappa shape index (κ3) is 4.99. The zero-order valence-electron chi connectivity index (χ0n) is 20.3. The molecule has 1 fully saturated rings. The number of carbonyl (C=O) groups excluding carboxylic acids is 2. The van der Waals surface area contributed by atoms with Gasteiger partial charge in [0, 0.05) is 28.8 Å². The molecule has 0 aliphatic heterocycles. The van der Waals surface area contributed by atoms with E-state index in [1.807, 2.05) is 49.1 Å². The first-order chi connectivity index (χ1) is 17.4. The molecule has 10 nitrogen and oxygen atoms in total. The predicted molar refractivity (Wildman–Crippen MR) is 133 cm³/mol. The lowest BCUT2D eigenvalue weighted by Gasteiger charge is -2.34. The average molecular weight is 489 g/mol. The zero-order valence-corrected chi connectivity index (χ0v) is 20.3. The van der Waals surface area contributed by atoms with Crippen LogP contribution in [0.5, 0.6) is 5.75 Å². The highest BCUT2D eigenvalue weighted by atomic mass is 16.6. The Morgan fingerprint density at radius 3 is 2.69 bits per heavy atom. The Kier molecular flexibility index (Phi) is 6.52. The molecule has 2 aliphatic carbocycles. The van der Waals surface area contributed by atoms with E-state index in [1.165, 1.54) is 4.68 Å². The fraction of sp³-hybridized carbons (Fsp3) is 0.423.